The second kappa shape index (κ2) is 4.99. The molecule has 1 aliphatic rings. The molecule has 0 aromatic carbocycles. The van der Waals surface area contributed by atoms with E-state index in [1.54, 1.807) is 6.26 Å². The molecule has 0 saturated carbocycles. The van der Waals surface area contributed by atoms with Crippen LogP contribution in [0.3, 0.4) is 0 Å². The van der Waals surface area contributed by atoms with Gasteiger partial charge in [-0.3, -0.25) is 0 Å². The number of furan rings is 1. The topological polar surface area (TPSA) is 43.6 Å². The number of hydrogen-bond acceptors (Lipinski definition) is 4. The Hall–Kier alpha value is -0.840. The van der Waals surface area contributed by atoms with Gasteiger partial charge in [-0.15, -0.1) is 0 Å². The molecule has 2 heterocycles. The zero-order valence-corrected chi connectivity index (χ0v) is 9.86. The molecule has 0 bridgehead atoms. The van der Waals surface area contributed by atoms with Crippen molar-refractivity contribution < 1.29 is 13.9 Å². The molecule has 4 nitrogen and oxygen atoms in total. The molecule has 0 aliphatic carbocycles. The van der Waals surface area contributed by atoms with E-state index in [0.29, 0.717) is 13.2 Å². The van der Waals surface area contributed by atoms with Gasteiger partial charge in [-0.1, -0.05) is 0 Å². The van der Waals surface area contributed by atoms with E-state index in [-0.39, 0.29) is 6.04 Å². The molecule has 1 N–H and O–H groups in total. The summed E-state index contributed by atoms with van der Waals surface area (Å²) in [6.07, 6.45) is 2.59. The van der Waals surface area contributed by atoms with Crippen LogP contribution in [-0.4, -0.2) is 31.6 Å². The average molecular weight is 225 g/mol. The van der Waals surface area contributed by atoms with Gasteiger partial charge >= 0.3 is 0 Å². The van der Waals surface area contributed by atoms with Gasteiger partial charge in [0, 0.05) is 13.0 Å². The molecule has 4 heteroatoms. The Balaban J connectivity index is 1.64. The third-order valence-corrected chi connectivity index (χ3v) is 2.65. The summed E-state index contributed by atoms with van der Waals surface area (Å²) in [5.41, 5.74) is 0. The molecule has 90 valence electrons. The molecule has 1 aromatic rings. The molecule has 2 rings (SSSR count). The zero-order valence-electron chi connectivity index (χ0n) is 9.86. The monoisotopic (exact) mass is 225 g/mol. The van der Waals surface area contributed by atoms with Gasteiger partial charge in [0.2, 0.25) is 0 Å². The highest BCUT2D eigenvalue weighted by Gasteiger charge is 2.27. The minimum Gasteiger partial charge on any atom is -0.469 e. The molecule has 0 atom stereocenters. The van der Waals surface area contributed by atoms with Crippen molar-refractivity contribution >= 4 is 0 Å². The van der Waals surface area contributed by atoms with Crippen molar-refractivity contribution in [1.29, 1.82) is 0 Å². The van der Waals surface area contributed by atoms with Crippen LogP contribution in [0, 0.1) is 0 Å². The molecule has 0 unspecified atom stereocenters. The van der Waals surface area contributed by atoms with Crippen LogP contribution in [0.15, 0.2) is 22.8 Å². The van der Waals surface area contributed by atoms with Crippen molar-refractivity contribution in [2.45, 2.75) is 32.1 Å². The van der Waals surface area contributed by atoms with Crippen LogP contribution in [0.2, 0.25) is 0 Å². The first-order chi connectivity index (χ1) is 7.66. The van der Waals surface area contributed by atoms with Gasteiger partial charge in [-0.2, -0.15) is 0 Å². The van der Waals surface area contributed by atoms with E-state index in [4.69, 9.17) is 13.9 Å². The Bertz CT molecular complexity index is 298. The van der Waals surface area contributed by atoms with Crippen LogP contribution < -0.4 is 5.32 Å². The summed E-state index contributed by atoms with van der Waals surface area (Å²) in [7, 11) is 0. The first kappa shape index (κ1) is 11.6. The van der Waals surface area contributed by atoms with Crippen LogP contribution in [0.25, 0.3) is 0 Å². The van der Waals surface area contributed by atoms with Crippen molar-refractivity contribution in [3.63, 3.8) is 0 Å². The molecule has 1 aliphatic heterocycles. The Labute approximate surface area is 95.9 Å². The van der Waals surface area contributed by atoms with Crippen molar-refractivity contribution in [3.05, 3.63) is 24.2 Å². The summed E-state index contributed by atoms with van der Waals surface area (Å²) in [5.74, 6) is 0.574. The standard InChI is InChI=1S/C12H19NO3/c1-12(2)15-8-10(9-16-12)13-6-5-11-4-3-7-14-11/h3-4,7,10,13H,5-6,8-9H2,1-2H3. The summed E-state index contributed by atoms with van der Waals surface area (Å²) in [5, 5.41) is 3.39. The summed E-state index contributed by atoms with van der Waals surface area (Å²) in [6.45, 7) is 6.15. The molecular formula is C12H19NO3. The van der Waals surface area contributed by atoms with Crippen molar-refractivity contribution in [3.8, 4) is 0 Å². The van der Waals surface area contributed by atoms with Crippen LogP contribution in [0.1, 0.15) is 19.6 Å². The van der Waals surface area contributed by atoms with E-state index >= 15 is 0 Å². The lowest BCUT2D eigenvalue weighted by atomic mass is 10.2. The fourth-order valence-corrected chi connectivity index (χ4v) is 1.66. The van der Waals surface area contributed by atoms with Gasteiger partial charge in [-0.05, 0) is 26.0 Å². The van der Waals surface area contributed by atoms with Gasteiger partial charge in [0.1, 0.15) is 5.76 Å². The lowest BCUT2D eigenvalue weighted by molar-refractivity contribution is -0.252. The van der Waals surface area contributed by atoms with Gasteiger partial charge in [0.25, 0.3) is 0 Å². The average Bonchev–Trinajstić information content (AvgIpc) is 2.73. The van der Waals surface area contributed by atoms with E-state index in [9.17, 15) is 0 Å². The largest absolute Gasteiger partial charge is 0.469 e. The molecule has 0 amide bonds. The Morgan fingerprint density at radius 2 is 2.12 bits per heavy atom. The lowest BCUT2D eigenvalue weighted by Gasteiger charge is -2.35. The summed E-state index contributed by atoms with van der Waals surface area (Å²) in [6, 6.07) is 4.17. The van der Waals surface area contributed by atoms with Gasteiger partial charge < -0.3 is 19.2 Å². The van der Waals surface area contributed by atoms with Gasteiger partial charge in [0.15, 0.2) is 5.79 Å². The number of rotatable bonds is 4. The molecule has 0 spiro atoms. The minimum absolute atomic E-state index is 0.281. The second-order valence-electron chi connectivity index (χ2n) is 4.50. The highest BCUT2D eigenvalue weighted by Crippen LogP contribution is 2.16. The maximum Gasteiger partial charge on any atom is 0.162 e. The van der Waals surface area contributed by atoms with Gasteiger partial charge in [-0.25, -0.2) is 0 Å². The van der Waals surface area contributed by atoms with Crippen molar-refractivity contribution in [1.82, 2.24) is 5.32 Å². The maximum atomic E-state index is 5.56. The van der Waals surface area contributed by atoms with Crippen LogP contribution in [-0.2, 0) is 15.9 Å². The maximum absolute atomic E-state index is 5.56. The molecule has 1 fully saturated rings. The highest BCUT2D eigenvalue weighted by molar-refractivity contribution is 4.98. The molecular weight excluding hydrogens is 206 g/mol. The zero-order chi connectivity index (χ0) is 11.4. The predicted molar refractivity (Wildman–Crippen MR) is 60.2 cm³/mol. The quantitative estimate of drug-likeness (QED) is 0.844. The SMILES string of the molecule is CC1(C)OCC(NCCc2ccco2)CO1. The second-order valence-corrected chi connectivity index (χ2v) is 4.50. The molecule has 16 heavy (non-hydrogen) atoms. The molecule has 1 saturated heterocycles. The van der Waals surface area contributed by atoms with Crippen LogP contribution in [0.4, 0.5) is 0 Å². The third kappa shape index (κ3) is 3.33. The highest BCUT2D eigenvalue weighted by atomic mass is 16.7. The fraction of sp³-hybridized carbons (Fsp3) is 0.667. The first-order valence-electron chi connectivity index (χ1n) is 5.69. The van der Waals surface area contributed by atoms with E-state index in [2.05, 4.69) is 5.32 Å². The Morgan fingerprint density at radius 3 is 2.75 bits per heavy atom. The number of hydrogen-bond donors (Lipinski definition) is 1. The van der Waals surface area contributed by atoms with E-state index in [1.807, 2.05) is 26.0 Å². The summed E-state index contributed by atoms with van der Waals surface area (Å²) < 4.78 is 16.4. The smallest absolute Gasteiger partial charge is 0.162 e. The first-order valence-corrected chi connectivity index (χ1v) is 5.69. The van der Waals surface area contributed by atoms with Crippen molar-refractivity contribution in [2.24, 2.45) is 0 Å². The summed E-state index contributed by atoms with van der Waals surface area (Å²) in [4.78, 5) is 0. The van der Waals surface area contributed by atoms with E-state index < -0.39 is 5.79 Å². The van der Waals surface area contributed by atoms with Crippen molar-refractivity contribution in [2.75, 3.05) is 19.8 Å². The molecule has 0 radical (unpaired) electrons. The normalized spacial score (nSPS) is 21.1. The Morgan fingerprint density at radius 1 is 1.38 bits per heavy atom. The van der Waals surface area contributed by atoms with E-state index in [0.717, 1.165) is 18.7 Å². The van der Waals surface area contributed by atoms with Crippen LogP contribution >= 0.6 is 0 Å². The summed E-state index contributed by atoms with van der Waals surface area (Å²) >= 11 is 0. The number of nitrogens with one attached hydrogen (secondary N) is 1. The Kier molecular flexibility index (Phi) is 3.63. The van der Waals surface area contributed by atoms with Crippen LogP contribution in [0.5, 0.6) is 0 Å². The fourth-order valence-electron chi connectivity index (χ4n) is 1.66. The molecule has 1 aromatic heterocycles. The predicted octanol–water partition coefficient (Wildman–Crippen LogP) is 1.56. The number of ether oxygens (including phenoxy) is 2. The van der Waals surface area contributed by atoms with E-state index in [1.165, 1.54) is 0 Å². The minimum atomic E-state index is -0.431. The van der Waals surface area contributed by atoms with Gasteiger partial charge in [0.05, 0.1) is 25.5 Å². The lowest BCUT2D eigenvalue weighted by Crippen LogP contribution is -2.48. The third-order valence-electron chi connectivity index (χ3n) is 2.65.